The zero-order chi connectivity index (χ0) is 23.4. The maximum absolute atomic E-state index is 13.3. The van der Waals surface area contributed by atoms with Crippen LogP contribution in [0.25, 0.3) is 11.0 Å². The number of piperidine rings is 1. The largest absolute Gasteiger partial charge is 0.491 e. The van der Waals surface area contributed by atoms with Gasteiger partial charge in [0.05, 0.1) is 12.0 Å². The Labute approximate surface area is 199 Å². The van der Waals surface area contributed by atoms with Crippen molar-refractivity contribution in [3.8, 4) is 5.75 Å². The van der Waals surface area contributed by atoms with Gasteiger partial charge in [0, 0.05) is 18.7 Å². The molecule has 1 saturated heterocycles. The van der Waals surface area contributed by atoms with Crippen LogP contribution in [-0.4, -0.2) is 58.4 Å². The van der Waals surface area contributed by atoms with Gasteiger partial charge in [0.2, 0.25) is 5.91 Å². The van der Waals surface area contributed by atoms with Gasteiger partial charge < -0.3 is 15.0 Å². The van der Waals surface area contributed by atoms with E-state index >= 15 is 0 Å². The maximum atomic E-state index is 13.3. The van der Waals surface area contributed by atoms with Gasteiger partial charge in [-0.25, -0.2) is 0 Å². The highest BCUT2D eigenvalue weighted by molar-refractivity contribution is 5.97. The molecule has 0 atom stereocenters. The van der Waals surface area contributed by atoms with Crippen LogP contribution in [0.5, 0.6) is 5.75 Å². The summed E-state index contributed by atoms with van der Waals surface area (Å²) in [6, 6.07) is 13.5. The summed E-state index contributed by atoms with van der Waals surface area (Å²) in [6.45, 7) is 2.08. The zero-order valence-corrected chi connectivity index (χ0v) is 19.4. The molecule has 0 unspecified atom stereocenters. The van der Waals surface area contributed by atoms with E-state index in [1.54, 1.807) is 18.2 Å². The molecule has 0 bridgehead atoms. The number of ether oxygens (including phenoxy) is 1. The highest BCUT2D eigenvalue weighted by Crippen LogP contribution is 2.38. The van der Waals surface area contributed by atoms with E-state index < -0.39 is 5.41 Å². The SMILES string of the molecule is O=C(c1ccc2n[nH]nc2c1)N1CCC2(CCCCCc3ccccc3OCCNC2=O)CC1. The topological polar surface area (TPSA) is 100 Å². The molecule has 2 aliphatic rings. The number of aryl methyl sites for hydroxylation is 1. The first-order valence-electron chi connectivity index (χ1n) is 12.2. The third kappa shape index (κ3) is 4.62. The van der Waals surface area contributed by atoms with Crippen molar-refractivity contribution in [1.29, 1.82) is 0 Å². The van der Waals surface area contributed by atoms with Gasteiger partial charge in [-0.1, -0.05) is 31.0 Å². The number of carbonyl (C=O) groups excluding carboxylic acids is 2. The van der Waals surface area contributed by atoms with Crippen molar-refractivity contribution in [2.75, 3.05) is 26.2 Å². The van der Waals surface area contributed by atoms with Crippen LogP contribution >= 0.6 is 0 Å². The second kappa shape index (κ2) is 9.83. The summed E-state index contributed by atoms with van der Waals surface area (Å²) in [6.07, 6.45) is 6.36. The molecule has 2 amide bonds. The number of aromatic nitrogens is 3. The van der Waals surface area contributed by atoms with Gasteiger partial charge in [0.15, 0.2) is 0 Å². The minimum Gasteiger partial charge on any atom is -0.491 e. The number of benzene rings is 2. The first-order valence-corrected chi connectivity index (χ1v) is 12.2. The van der Waals surface area contributed by atoms with Crippen molar-refractivity contribution in [3.05, 3.63) is 53.6 Å². The van der Waals surface area contributed by atoms with Crippen molar-refractivity contribution < 1.29 is 14.3 Å². The highest BCUT2D eigenvalue weighted by Gasteiger charge is 2.41. The molecule has 1 spiro atoms. The molecule has 178 valence electrons. The molecule has 5 rings (SSSR count). The Bertz CT molecular complexity index is 1170. The first-order chi connectivity index (χ1) is 16.6. The minimum atomic E-state index is -0.423. The summed E-state index contributed by atoms with van der Waals surface area (Å²) in [7, 11) is 0. The van der Waals surface area contributed by atoms with E-state index in [0.29, 0.717) is 50.2 Å². The number of hydrogen-bond donors (Lipinski definition) is 2. The second-order valence-electron chi connectivity index (χ2n) is 9.37. The van der Waals surface area contributed by atoms with Crippen LogP contribution in [0, 0.1) is 5.41 Å². The molecule has 34 heavy (non-hydrogen) atoms. The summed E-state index contributed by atoms with van der Waals surface area (Å²) in [4.78, 5) is 28.3. The Morgan fingerprint density at radius 1 is 0.971 bits per heavy atom. The summed E-state index contributed by atoms with van der Waals surface area (Å²) >= 11 is 0. The lowest BCUT2D eigenvalue weighted by molar-refractivity contribution is -0.134. The predicted molar refractivity (Wildman–Crippen MR) is 129 cm³/mol. The second-order valence-corrected chi connectivity index (χ2v) is 9.37. The number of rotatable bonds is 1. The summed E-state index contributed by atoms with van der Waals surface area (Å²) in [5, 5.41) is 13.8. The Balaban J connectivity index is 1.24. The lowest BCUT2D eigenvalue weighted by Crippen LogP contribution is -2.50. The molecule has 2 aliphatic heterocycles. The van der Waals surface area contributed by atoms with Crippen LogP contribution in [-0.2, 0) is 11.2 Å². The monoisotopic (exact) mass is 461 g/mol. The molecule has 3 aromatic rings. The minimum absolute atomic E-state index is 0.0176. The van der Waals surface area contributed by atoms with Crippen molar-refractivity contribution in [2.45, 2.75) is 44.9 Å². The van der Waals surface area contributed by atoms with E-state index in [0.717, 1.165) is 43.4 Å². The van der Waals surface area contributed by atoms with Crippen molar-refractivity contribution in [3.63, 3.8) is 0 Å². The molecule has 1 fully saturated rings. The smallest absolute Gasteiger partial charge is 0.253 e. The van der Waals surface area contributed by atoms with Gasteiger partial charge in [0.25, 0.3) is 5.91 Å². The third-order valence-electron chi connectivity index (χ3n) is 7.27. The average Bonchev–Trinajstić information content (AvgIpc) is 3.35. The molecule has 8 heteroatoms. The Kier molecular flexibility index (Phi) is 6.47. The molecule has 8 nitrogen and oxygen atoms in total. The van der Waals surface area contributed by atoms with Crippen LogP contribution < -0.4 is 10.1 Å². The number of nitrogens with one attached hydrogen (secondary N) is 2. The Hall–Kier alpha value is -3.42. The Morgan fingerprint density at radius 2 is 1.79 bits per heavy atom. The normalized spacial score (nSPS) is 19.3. The van der Waals surface area contributed by atoms with E-state index in [9.17, 15) is 9.59 Å². The molecule has 0 radical (unpaired) electrons. The van der Waals surface area contributed by atoms with Gasteiger partial charge in [0.1, 0.15) is 23.4 Å². The molecule has 0 aliphatic carbocycles. The van der Waals surface area contributed by atoms with Crippen LogP contribution in [0.15, 0.2) is 42.5 Å². The number of amides is 2. The van der Waals surface area contributed by atoms with Crippen LogP contribution in [0.3, 0.4) is 0 Å². The number of aromatic amines is 1. The van der Waals surface area contributed by atoms with Crippen molar-refractivity contribution in [2.24, 2.45) is 5.41 Å². The fourth-order valence-electron chi connectivity index (χ4n) is 5.20. The lowest BCUT2D eigenvalue weighted by Gasteiger charge is -2.41. The fraction of sp³-hybridized carbons (Fsp3) is 0.462. The van der Waals surface area contributed by atoms with Crippen molar-refractivity contribution in [1.82, 2.24) is 25.6 Å². The number of carbonyl (C=O) groups is 2. The Morgan fingerprint density at radius 3 is 2.68 bits per heavy atom. The number of hydrogen-bond acceptors (Lipinski definition) is 5. The van der Waals surface area contributed by atoms with E-state index in [1.807, 2.05) is 17.0 Å². The van der Waals surface area contributed by atoms with E-state index in [1.165, 1.54) is 5.56 Å². The van der Waals surface area contributed by atoms with Gasteiger partial charge in [-0.15, -0.1) is 0 Å². The van der Waals surface area contributed by atoms with Gasteiger partial charge in [-0.2, -0.15) is 15.4 Å². The fourth-order valence-corrected chi connectivity index (χ4v) is 5.20. The molecular weight excluding hydrogens is 430 g/mol. The molecule has 1 aromatic heterocycles. The molecular formula is C26H31N5O3. The summed E-state index contributed by atoms with van der Waals surface area (Å²) in [5.74, 6) is 0.997. The third-order valence-corrected chi connectivity index (χ3v) is 7.27. The maximum Gasteiger partial charge on any atom is 0.253 e. The van der Waals surface area contributed by atoms with E-state index in [2.05, 4.69) is 32.9 Å². The highest BCUT2D eigenvalue weighted by atomic mass is 16.5. The number of para-hydroxylation sites is 1. The molecule has 2 aromatic carbocycles. The predicted octanol–water partition coefficient (Wildman–Crippen LogP) is 3.49. The van der Waals surface area contributed by atoms with E-state index in [-0.39, 0.29) is 11.8 Å². The summed E-state index contributed by atoms with van der Waals surface area (Å²) < 4.78 is 5.97. The average molecular weight is 462 g/mol. The van der Waals surface area contributed by atoms with Gasteiger partial charge in [-0.05, 0) is 61.9 Å². The number of fused-ring (bicyclic) bond motifs is 2. The number of nitrogens with zero attached hydrogens (tertiary/aromatic N) is 3. The summed E-state index contributed by atoms with van der Waals surface area (Å²) in [5.41, 5.74) is 2.83. The molecule has 3 heterocycles. The van der Waals surface area contributed by atoms with Crippen LogP contribution in [0.2, 0.25) is 0 Å². The van der Waals surface area contributed by atoms with Gasteiger partial charge in [-0.3, -0.25) is 9.59 Å². The lowest BCUT2D eigenvalue weighted by atomic mass is 9.73. The quantitative estimate of drug-likeness (QED) is 0.578. The number of H-pyrrole nitrogens is 1. The van der Waals surface area contributed by atoms with Crippen LogP contribution in [0.4, 0.5) is 0 Å². The zero-order valence-electron chi connectivity index (χ0n) is 19.4. The van der Waals surface area contributed by atoms with E-state index in [4.69, 9.17) is 4.74 Å². The standard InChI is InChI=1S/C26H31N5O3/c32-24(20-9-10-21-22(18-20)29-30-28-21)31-15-12-26(13-16-31)11-5-1-2-6-19-7-3-4-8-23(19)34-17-14-27-25(26)33/h3-4,7-10,18H,1-2,5-6,11-17H2,(H,27,33)(H,28,29,30). The number of likely N-dealkylation sites (tertiary alicyclic amines) is 1. The van der Waals surface area contributed by atoms with Crippen LogP contribution in [0.1, 0.15) is 54.4 Å². The van der Waals surface area contributed by atoms with Crippen molar-refractivity contribution >= 4 is 22.8 Å². The van der Waals surface area contributed by atoms with Gasteiger partial charge >= 0.3 is 0 Å². The molecule has 2 N–H and O–H groups in total. The first kappa shape index (κ1) is 22.4. The molecule has 0 saturated carbocycles.